The van der Waals surface area contributed by atoms with Gasteiger partial charge in [0.15, 0.2) is 5.13 Å². The lowest BCUT2D eigenvalue weighted by molar-refractivity contribution is -0.115. The summed E-state index contributed by atoms with van der Waals surface area (Å²) in [6.45, 7) is 1.82. The van der Waals surface area contributed by atoms with Gasteiger partial charge in [0.25, 0.3) is 0 Å². The van der Waals surface area contributed by atoms with Crippen LogP contribution in [0.5, 0.6) is 0 Å². The van der Waals surface area contributed by atoms with E-state index in [1.165, 1.54) is 16.9 Å². The number of halogens is 1. The molecule has 0 aliphatic carbocycles. The highest BCUT2D eigenvalue weighted by Gasteiger charge is 2.07. The van der Waals surface area contributed by atoms with Crippen LogP contribution in [0.2, 0.25) is 0 Å². The monoisotopic (exact) mass is 324 g/mol. The minimum atomic E-state index is -0.00297. The second-order valence-electron chi connectivity index (χ2n) is 3.80. The molecule has 0 aliphatic rings. The molecule has 2 rings (SSSR count). The van der Waals surface area contributed by atoms with Crippen molar-refractivity contribution < 1.29 is 4.79 Å². The van der Waals surface area contributed by atoms with Crippen molar-refractivity contribution in [1.29, 1.82) is 0 Å². The lowest BCUT2D eigenvalue weighted by atomic mass is 10.1. The van der Waals surface area contributed by atoms with Crippen LogP contribution in [0.1, 0.15) is 23.8 Å². The number of anilines is 1. The first-order valence-corrected chi connectivity index (χ1v) is 7.28. The van der Waals surface area contributed by atoms with Crippen LogP contribution in [0.3, 0.4) is 0 Å². The molecule has 1 N–H and O–H groups in total. The fourth-order valence-electron chi connectivity index (χ4n) is 1.48. The lowest BCUT2D eigenvalue weighted by Gasteiger charge is -2.01. The van der Waals surface area contributed by atoms with E-state index in [4.69, 9.17) is 0 Å². The first-order valence-electron chi connectivity index (χ1n) is 5.67. The smallest absolute Gasteiger partial charge is 0.225 e. The van der Waals surface area contributed by atoms with Crippen LogP contribution in [-0.2, 0) is 11.2 Å². The zero-order chi connectivity index (χ0) is 13.0. The first-order chi connectivity index (χ1) is 8.69. The number of carbonyl (C=O) groups is 1. The molecule has 94 valence electrons. The van der Waals surface area contributed by atoms with Gasteiger partial charge in [-0.15, -0.1) is 11.3 Å². The van der Waals surface area contributed by atoms with E-state index in [1.54, 1.807) is 0 Å². The van der Waals surface area contributed by atoms with Crippen LogP contribution in [0.4, 0.5) is 5.13 Å². The molecule has 0 atom stereocenters. The van der Waals surface area contributed by atoms with E-state index >= 15 is 0 Å². The standard InChI is InChI=1S/C13H13BrN2OS/c1-2-12(17)16-13-15-8-10(18-13)7-9-5-3-4-6-11(9)14/h3-6,8H,2,7H2,1H3,(H,15,16,17). The number of thiazole rings is 1. The van der Waals surface area contributed by atoms with Crippen molar-refractivity contribution in [2.24, 2.45) is 0 Å². The Hall–Kier alpha value is -1.20. The largest absolute Gasteiger partial charge is 0.302 e. The van der Waals surface area contributed by atoms with Gasteiger partial charge in [0, 0.05) is 28.4 Å². The second kappa shape index (κ2) is 6.11. The Balaban J connectivity index is 2.07. The van der Waals surface area contributed by atoms with E-state index in [-0.39, 0.29) is 5.91 Å². The molecule has 18 heavy (non-hydrogen) atoms. The van der Waals surface area contributed by atoms with E-state index in [9.17, 15) is 4.79 Å². The van der Waals surface area contributed by atoms with Crippen molar-refractivity contribution in [2.75, 3.05) is 5.32 Å². The topological polar surface area (TPSA) is 42.0 Å². The third-order valence-electron chi connectivity index (χ3n) is 2.44. The number of amides is 1. The minimum absolute atomic E-state index is 0.00297. The van der Waals surface area contributed by atoms with Gasteiger partial charge in [-0.2, -0.15) is 0 Å². The summed E-state index contributed by atoms with van der Waals surface area (Å²) in [6.07, 6.45) is 3.11. The average molecular weight is 325 g/mol. The molecule has 1 aromatic carbocycles. The summed E-state index contributed by atoms with van der Waals surface area (Å²) in [5.41, 5.74) is 1.22. The third kappa shape index (κ3) is 3.40. The Morgan fingerprint density at radius 1 is 1.44 bits per heavy atom. The Bertz CT molecular complexity index is 553. The van der Waals surface area contributed by atoms with Crippen molar-refractivity contribution in [2.45, 2.75) is 19.8 Å². The maximum absolute atomic E-state index is 11.3. The Kier molecular flexibility index (Phi) is 4.49. The van der Waals surface area contributed by atoms with Crippen molar-refractivity contribution in [3.8, 4) is 0 Å². The summed E-state index contributed by atoms with van der Waals surface area (Å²) in [5, 5.41) is 3.44. The zero-order valence-corrected chi connectivity index (χ0v) is 12.3. The molecule has 3 nitrogen and oxygen atoms in total. The van der Waals surface area contributed by atoms with Gasteiger partial charge in [-0.25, -0.2) is 4.98 Å². The summed E-state index contributed by atoms with van der Waals surface area (Å²) < 4.78 is 1.09. The minimum Gasteiger partial charge on any atom is -0.302 e. The second-order valence-corrected chi connectivity index (χ2v) is 5.77. The molecule has 2 aromatic rings. The quantitative estimate of drug-likeness (QED) is 0.928. The van der Waals surface area contributed by atoms with E-state index in [1.807, 2.05) is 31.3 Å². The van der Waals surface area contributed by atoms with Crippen molar-refractivity contribution in [3.05, 3.63) is 45.4 Å². The van der Waals surface area contributed by atoms with Crippen LogP contribution in [-0.4, -0.2) is 10.9 Å². The molecule has 0 unspecified atom stereocenters. The van der Waals surface area contributed by atoms with E-state index < -0.39 is 0 Å². The average Bonchev–Trinajstić information content (AvgIpc) is 2.79. The highest BCUT2D eigenvalue weighted by atomic mass is 79.9. The number of carbonyl (C=O) groups excluding carboxylic acids is 1. The van der Waals surface area contributed by atoms with Gasteiger partial charge in [-0.1, -0.05) is 41.1 Å². The molecular formula is C13H13BrN2OS. The van der Waals surface area contributed by atoms with Gasteiger partial charge in [0.2, 0.25) is 5.91 Å². The maximum Gasteiger partial charge on any atom is 0.225 e. The van der Waals surface area contributed by atoms with E-state index in [0.717, 1.165) is 15.8 Å². The van der Waals surface area contributed by atoms with Gasteiger partial charge in [0.1, 0.15) is 0 Å². The van der Waals surface area contributed by atoms with Crippen LogP contribution in [0.15, 0.2) is 34.9 Å². The molecule has 0 radical (unpaired) electrons. The van der Waals surface area contributed by atoms with Crippen LogP contribution >= 0.6 is 27.3 Å². The molecule has 1 amide bonds. The Morgan fingerprint density at radius 2 is 2.22 bits per heavy atom. The van der Waals surface area contributed by atoms with Gasteiger partial charge in [-0.3, -0.25) is 4.79 Å². The fourth-order valence-corrected chi connectivity index (χ4v) is 2.76. The molecule has 1 aromatic heterocycles. The van der Waals surface area contributed by atoms with Crippen molar-refractivity contribution in [1.82, 2.24) is 4.98 Å². The van der Waals surface area contributed by atoms with Gasteiger partial charge < -0.3 is 5.32 Å². The summed E-state index contributed by atoms with van der Waals surface area (Å²) in [6, 6.07) is 8.11. The summed E-state index contributed by atoms with van der Waals surface area (Å²) in [5.74, 6) is -0.00297. The van der Waals surface area contributed by atoms with Gasteiger partial charge >= 0.3 is 0 Å². The number of nitrogens with one attached hydrogen (secondary N) is 1. The molecule has 0 aliphatic heterocycles. The van der Waals surface area contributed by atoms with Gasteiger partial charge in [0.05, 0.1) is 0 Å². The first kappa shape index (κ1) is 13.2. The molecular weight excluding hydrogens is 312 g/mol. The highest BCUT2D eigenvalue weighted by Crippen LogP contribution is 2.24. The fraction of sp³-hybridized carbons (Fsp3) is 0.231. The van der Waals surface area contributed by atoms with E-state index in [0.29, 0.717) is 11.6 Å². The summed E-state index contributed by atoms with van der Waals surface area (Å²) in [7, 11) is 0. The predicted molar refractivity (Wildman–Crippen MR) is 78.0 cm³/mol. The lowest BCUT2D eigenvalue weighted by Crippen LogP contribution is -2.08. The Morgan fingerprint density at radius 3 is 2.94 bits per heavy atom. The van der Waals surface area contributed by atoms with Crippen LogP contribution in [0.25, 0.3) is 0 Å². The number of nitrogens with zero attached hydrogens (tertiary/aromatic N) is 1. The SMILES string of the molecule is CCC(=O)Nc1ncc(Cc2ccccc2Br)s1. The van der Waals surface area contributed by atoms with Crippen molar-refractivity contribution >= 4 is 38.3 Å². The van der Waals surface area contributed by atoms with Crippen molar-refractivity contribution in [3.63, 3.8) is 0 Å². The molecule has 0 fully saturated rings. The number of rotatable bonds is 4. The highest BCUT2D eigenvalue weighted by molar-refractivity contribution is 9.10. The summed E-state index contributed by atoms with van der Waals surface area (Å²) in [4.78, 5) is 16.6. The normalized spacial score (nSPS) is 10.3. The zero-order valence-electron chi connectivity index (χ0n) is 9.94. The maximum atomic E-state index is 11.3. The molecule has 1 heterocycles. The molecule has 0 bridgehead atoms. The number of benzene rings is 1. The third-order valence-corrected chi connectivity index (χ3v) is 4.13. The molecule has 0 saturated carbocycles. The molecule has 5 heteroatoms. The number of hydrogen-bond acceptors (Lipinski definition) is 3. The van der Waals surface area contributed by atoms with E-state index in [2.05, 4.69) is 32.3 Å². The molecule has 0 spiro atoms. The number of aromatic nitrogens is 1. The molecule has 0 saturated heterocycles. The van der Waals surface area contributed by atoms with Gasteiger partial charge in [-0.05, 0) is 11.6 Å². The summed E-state index contributed by atoms with van der Waals surface area (Å²) >= 11 is 5.04. The number of hydrogen-bond donors (Lipinski definition) is 1. The van der Waals surface area contributed by atoms with Crippen LogP contribution in [0, 0.1) is 0 Å². The Labute approximate surface area is 118 Å². The van der Waals surface area contributed by atoms with Crippen LogP contribution < -0.4 is 5.32 Å². The predicted octanol–water partition coefficient (Wildman–Crippen LogP) is 3.84.